The Morgan fingerprint density at radius 1 is 1.28 bits per heavy atom. The second kappa shape index (κ2) is 6.71. The molecule has 18 heavy (non-hydrogen) atoms. The summed E-state index contributed by atoms with van der Waals surface area (Å²) < 4.78 is 0. The smallest absolute Gasteiger partial charge is 0.131 e. The Morgan fingerprint density at radius 3 is 2.67 bits per heavy atom. The molecule has 2 rings (SSSR count). The van der Waals surface area contributed by atoms with Crippen molar-refractivity contribution in [3.8, 4) is 0 Å². The molecule has 1 N–H and O–H groups in total. The van der Waals surface area contributed by atoms with E-state index in [0.717, 1.165) is 31.5 Å². The third-order valence-corrected chi connectivity index (χ3v) is 3.81. The molecule has 2 heterocycles. The molecule has 1 aliphatic rings. The average molecular weight is 289 g/mol. The van der Waals surface area contributed by atoms with E-state index in [-0.39, 0.29) is 6.61 Å². The molecule has 3 nitrogen and oxygen atoms in total. The van der Waals surface area contributed by atoms with Crippen molar-refractivity contribution in [3.63, 3.8) is 0 Å². The zero-order valence-electron chi connectivity index (χ0n) is 10.3. The first-order valence-corrected chi connectivity index (χ1v) is 7.11. The summed E-state index contributed by atoms with van der Waals surface area (Å²) >= 11 is 11.8. The molecule has 0 aliphatic carbocycles. The Bertz CT molecular complexity index is 378. The monoisotopic (exact) mass is 288 g/mol. The van der Waals surface area contributed by atoms with Crippen LogP contribution in [0, 0.1) is 0 Å². The Kier molecular flexibility index (Phi) is 5.25. The molecule has 1 atom stereocenters. The topological polar surface area (TPSA) is 36.4 Å². The van der Waals surface area contributed by atoms with Crippen LogP contribution < -0.4 is 0 Å². The lowest BCUT2D eigenvalue weighted by molar-refractivity contribution is 0.112. The Morgan fingerprint density at radius 2 is 2.00 bits per heavy atom. The van der Waals surface area contributed by atoms with Gasteiger partial charge in [0.05, 0.1) is 0 Å². The van der Waals surface area contributed by atoms with E-state index in [9.17, 15) is 0 Å². The number of halogens is 2. The fraction of sp³-hybridized carbons (Fsp3) is 0.615. The van der Waals surface area contributed by atoms with Crippen LogP contribution in [0.5, 0.6) is 0 Å². The summed E-state index contributed by atoms with van der Waals surface area (Å²) in [7, 11) is 0. The Labute approximate surface area is 118 Å². The fourth-order valence-corrected chi connectivity index (χ4v) is 3.09. The largest absolute Gasteiger partial charge is 0.396 e. The first-order chi connectivity index (χ1) is 8.69. The molecule has 0 amide bonds. The minimum absolute atomic E-state index is 0.249. The summed E-state index contributed by atoms with van der Waals surface area (Å²) in [5, 5.41) is 9.99. The third kappa shape index (κ3) is 3.82. The summed E-state index contributed by atoms with van der Waals surface area (Å²) in [5.41, 5.74) is 1.09. The lowest BCUT2D eigenvalue weighted by Crippen LogP contribution is -2.39. The van der Waals surface area contributed by atoms with Crippen molar-refractivity contribution in [2.45, 2.75) is 38.3 Å². The van der Waals surface area contributed by atoms with Crippen LogP contribution in [0.3, 0.4) is 0 Å². The maximum absolute atomic E-state index is 9.11. The van der Waals surface area contributed by atoms with E-state index in [4.69, 9.17) is 28.3 Å². The van der Waals surface area contributed by atoms with Gasteiger partial charge in [0.2, 0.25) is 0 Å². The molecule has 0 aromatic carbocycles. The molecule has 1 aromatic rings. The number of hydrogen-bond acceptors (Lipinski definition) is 3. The minimum Gasteiger partial charge on any atom is -0.396 e. The van der Waals surface area contributed by atoms with Gasteiger partial charge in [-0.2, -0.15) is 0 Å². The van der Waals surface area contributed by atoms with Gasteiger partial charge in [-0.15, -0.1) is 0 Å². The van der Waals surface area contributed by atoms with Gasteiger partial charge in [0, 0.05) is 19.2 Å². The summed E-state index contributed by atoms with van der Waals surface area (Å²) in [6.07, 6.45) is 4.47. The SMILES string of the molecule is OCCC1CCCCN1Cc1cc(Cl)nc(Cl)c1. The molecular formula is C13H18Cl2N2O. The van der Waals surface area contributed by atoms with Crippen molar-refractivity contribution in [1.29, 1.82) is 0 Å². The van der Waals surface area contributed by atoms with E-state index in [1.165, 1.54) is 12.8 Å². The van der Waals surface area contributed by atoms with Gasteiger partial charge < -0.3 is 5.11 Å². The van der Waals surface area contributed by atoms with E-state index in [2.05, 4.69) is 9.88 Å². The van der Waals surface area contributed by atoms with Crippen LogP contribution in [0.2, 0.25) is 10.3 Å². The molecule has 5 heteroatoms. The zero-order chi connectivity index (χ0) is 13.0. The van der Waals surface area contributed by atoms with E-state index in [1.807, 2.05) is 12.1 Å². The molecule has 1 aliphatic heterocycles. The van der Waals surface area contributed by atoms with Gasteiger partial charge in [0.1, 0.15) is 10.3 Å². The van der Waals surface area contributed by atoms with Gasteiger partial charge in [-0.1, -0.05) is 29.6 Å². The average Bonchev–Trinajstić information content (AvgIpc) is 2.30. The summed E-state index contributed by atoms with van der Waals surface area (Å²) in [6.45, 7) is 2.15. The van der Waals surface area contributed by atoms with Crippen molar-refractivity contribution in [3.05, 3.63) is 28.0 Å². The highest BCUT2D eigenvalue weighted by Gasteiger charge is 2.22. The van der Waals surface area contributed by atoms with E-state index >= 15 is 0 Å². The van der Waals surface area contributed by atoms with Gasteiger partial charge >= 0.3 is 0 Å². The van der Waals surface area contributed by atoms with Crippen molar-refractivity contribution in [2.75, 3.05) is 13.2 Å². The number of hydrogen-bond donors (Lipinski definition) is 1. The Hall–Kier alpha value is -0.350. The molecule has 1 aromatic heterocycles. The predicted octanol–water partition coefficient (Wildman–Crippen LogP) is 3.13. The number of aliphatic hydroxyl groups excluding tert-OH is 1. The molecule has 100 valence electrons. The normalized spacial score (nSPS) is 21.2. The molecule has 1 fully saturated rings. The molecule has 1 saturated heterocycles. The van der Waals surface area contributed by atoms with Crippen LogP contribution in [-0.2, 0) is 6.54 Å². The number of piperidine rings is 1. The van der Waals surface area contributed by atoms with Crippen molar-refractivity contribution in [1.82, 2.24) is 9.88 Å². The first kappa shape index (κ1) is 14.1. The van der Waals surface area contributed by atoms with Gasteiger partial charge in [0.25, 0.3) is 0 Å². The highest BCUT2D eigenvalue weighted by atomic mass is 35.5. The second-order valence-corrected chi connectivity index (χ2v) is 5.53. The van der Waals surface area contributed by atoms with Gasteiger partial charge in [-0.25, -0.2) is 4.98 Å². The molecule has 0 radical (unpaired) electrons. The van der Waals surface area contributed by atoms with Gasteiger partial charge in [-0.3, -0.25) is 4.90 Å². The van der Waals surface area contributed by atoms with Crippen LogP contribution in [-0.4, -0.2) is 34.2 Å². The molecule has 0 bridgehead atoms. The number of nitrogens with zero attached hydrogens (tertiary/aromatic N) is 2. The number of likely N-dealkylation sites (tertiary alicyclic amines) is 1. The standard InChI is InChI=1S/C13H18Cl2N2O/c14-12-7-10(8-13(15)16-12)9-17-5-2-1-3-11(17)4-6-18/h7-8,11,18H,1-6,9H2. The molecular weight excluding hydrogens is 271 g/mol. The highest BCUT2D eigenvalue weighted by molar-refractivity contribution is 6.32. The molecule has 1 unspecified atom stereocenters. The first-order valence-electron chi connectivity index (χ1n) is 6.36. The summed E-state index contributed by atoms with van der Waals surface area (Å²) in [6, 6.07) is 4.19. The summed E-state index contributed by atoms with van der Waals surface area (Å²) in [5.74, 6) is 0. The van der Waals surface area contributed by atoms with Crippen molar-refractivity contribution in [2.24, 2.45) is 0 Å². The lowest BCUT2D eigenvalue weighted by Gasteiger charge is -2.35. The zero-order valence-corrected chi connectivity index (χ0v) is 11.8. The highest BCUT2D eigenvalue weighted by Crippen LogP contribution is 2.23. The van der Waals surface area contributed by atoms with Crippen molar-refractivity contribution >= 4 is 23.2 Å². The molecule has 0 saturated carbocycles. The van der Waals surface area contributed by atoms with Crippen LogP contribution >= 0.6 is 23.2 Å². The lowest BCUT2D eigenvalue weighted by atomic mass is 9.99. The number of aromatic nitrogens is 1. The third-order valence-electron chi connectivity index (χ3n) is 3.42. The van der Waals surface area contributed by atoms with Crippen molar-refractivity contribution < 1.29 is 5.11 Å². The maximum atomic E-state index is 9.11. The van der Waals surface area contributed by atoms with E-state index < -0.39 is 0 Å². The maximum Gasteiger partial charge on any atom is 0.131 e. The molecule has 0 spiro atoms. The van der Waals surface area contributed by atoms with Crippen LogP contribution in [0.15, 0.2) is 12.1 Å². The van der Waals surface area contributed by atoms with Crippen LogP contribution in [0.1, 0.15) is 31.2 Å². The van der Waals surface area contributed by atoms with Crippen LogP contribution in [0.25, 0.3) is 0 Å². The summed E-state index contributed by atoms with van der Waals surface area (Å²) in [4.78, 5) is 6.36. The second-order valence-electron chi connectivity index (χ2n) is 4.75. The fourth-order valence-electron chi connectivity index (χ4n) is 2.58. The quantitative estimate of drug-likeness (QED) is 0.865. The number of aliphatic hydroxyl groups is 1. The van der Waals surface area contributed by atoms with E-state index in [1.54, 1.807) is 0 Å². The number of rotatable bonds is 4. The number of pyridine rings is 1. The van der Waals surface area contributed by atoms with Gasteiger partial charge in [0.15, 0.2) is 0 Å². The van der Waals surface area contributed by atoms with Crippen LogP contribution in [0.4, 0.5) is 0 Å². The predicted molar refractivity (Wildman–Crippen MR) is 74.0 cm³/mol. The van der Waals surface area contributed by atoms with Gasteiger partial charge in [-0.05, 0) is 43.5 Å². The minimum atomic E-state index is 0.249. The Balaban J connectivity index is 2.05. The van der Waals surface area contributed by atoms with E-state index in [0.29, 0.717) is 16.3 Å².